The van der Waals surface area contributed by atoms with Crippen molar-refractivity contribution >= 4 is 0 Å². The van der Waals surface area contributed by atoms with E-state index in [-0.39, 0.29) is 6.10 Å². The number of likely N-dealkylation sites (tertiary alicyclic amines) is 2. The van der Waals surface area contributed by atoms with Crippen molar-refractivity contribution in [1.82, 2.24) is 0 Å². The number of quaternary nitrogens is 2. The molecule has 0 aromatic carbocycles. The molecule has 0 bridgehead atoms. The van der Waals surface area contributed by atoms with Crippen LogP contribution in [0.5, 0.6) is 0 Å². The molecular weight excluding hydrogens is 236 g/mol. The van der Waals surface area contributed by atoms with E-state index in [1.54, 1.807) is 0 Å². The number of hydrogen-bond donors (Lipinski definition) is 1. The summed E-state index contributed by atoms with van der Waals surface area (Å²) in [6.45, 7) is 14.5. The summed E-state index contributed by atoms with van der Waals surface area (Å²) in [6.07, 6.45) is 6.41. The van der Waals surface area contributed by atoms with Gasteiger partial charge in [0, 0.05) is 32.1 Å². The lowest BCUT2D eigenvalue weighted by atomic mass is 10.2. The summed E-state index contributed by atoms with van der Waals surface area (Å²) in [6, 6.07) is 0. The van der Waals surface area contributed by atoms with Gasteiger partial charge < -0.3 is 14.1 Å². The zero-order valence-corrected chi connectivity index (χ0v) is 13.1. The zero-order chi connectivity index (χ0) is 13.8. The molecule has 0 radical (unpaired) electrons. The van der Waals surface area contributed by atoms with Gasteiger partial charge >= 0.3 is 0 Å². The molecule has 0 aliphatic carbocycles. The summed E-state index contributed by atoms with van der Waals surface area (Å²) in [4.78, 5) is 0. The average Bonchev–Trinajstić information content (AvgIpc) is 3.07. The van der Waals surface area contributed by atoms with Crippen LogP contribution < -0.4 is 0 Å². The third-order valence-electron chi connectivity index (χ3n) is 5.91. The summed E-state index contributed by atoms with van der Waals surface area (Å²) in [5.41, 5.74) is 0. The normalized spacial score (nSPS) is 26.7. The Bertz CT molecular complexity index is 268. The van der Waals surface area contributed by atoms with Crippen LogP contribution in [0.1, 0.15) is 46.0 Å². The summed E-state index contributed by atoms with van der Waals surface area (Å²) < 4.78 is 2.44. The molecule has 1 N–H and O–H groups in total. The molecule has 3 heteroatoms. The second-order valence-electron chi connectivity index (χ2n) is 6.97. The van der Waals surface area contributed by atoms with E-state index in [1.807, 2.05) is 0 Å². The third kappa shape index (κ3) is 3.71. The van der Waals surface area contributed by atoms with E-state index in [2.05, 4.69) is 13.8 Å². The zero-order valence-electron chi connectivity index (χ0n) is 13.1. The van der Waals surface area contributed by atoms with Gasteiger partial charge in [0.15, 0.2) is 0 Å². The lowest BCUT2D eigenvalue weighted by Crippen LogP contribution is -2.52. The van der Waals surface area contributed by atoms with E-state index in [0.29, 0.717) is 0 Å². The minimum atomic E-state index is -0.0831. The van der Waals surface area contributed by atoms with Crippen LogP contribution in [0.15, 0.2) is 0 Å². The van der Waals surface area contributed by atoms with Crippen LogP contribution in [0.2, 0.25) is 0 Å². The molecule has 2 rings (SSSR count). The average molecular weight is 270 g/mol. The molecular formula is C16H34N2O+2. The Morgan fingerprint density at radius 3 is 1.79 bits per heavy atom. The van der Waals surface area contributed by atoms with Gasteiger partial charge in [0.25, 0.3) is 0 Å². The van der Waals surface area contributed by atoms with Crippen molar-refractivity contribution in [2.75, 3.05) is 52.4 Å². The number of rotatable bonds is 7. The van der Waals surface area contributed by atoms with E-state index in [0.717, 1.165) is 13.0 Å². The number of likely N-dealkylation sites (N-methyl/N-ethyl adjacent to an activating group) is 1. The van der Waals surface area contributed by atoms with E-state index in [9.17, 15) is 5.11 Å². The highest BCUT2D eigenvalue weighted by atomic mass is 16.3. The molecule has 0 spiro atoms. The second-order valence-corrected chi connectivity index (χ2v) is 6.97. The van der Waals surface area contributed by atoms with Crippen molar-refractivity contribution in [3.05, 3.63) is 0 Å². The molecule has 0 aromatic rings. The van der Waals surface area contributed by atoms with Gasteiger partial charge in [-0.25, -0.2) is 0 Å². The first kappa shape index (κ1) is 15.3. The minimum absolute atomic E-state index is 0.0831. The Hall–Kier alpha value is -0.120. The van der Waals surface area contributed by atoms with E-state index >= 15 is 0 Å². The molecule has 2 aliphatic heterocycles. The van der Waals surface area contributed by atoms with Gasteiger partial charge in [0.1, 0.15) is 12.6 Å². The molecule has 2 fully saturated rings. The maximum Gasteiger partial charge on any atom is 0.108 e. The van der Waals surface area contributed by atoms with Crippen LogP contribution in [-0.4, -0.2) is 72.5 Å². The fraction of sp³-hybridized carbons (Fsp3) is 1.00. The second kappa shape index (κ2) is 6.55. The smallest absolute Gasteiger partial charge is 0.108 e. The maximum absolute atomic E-state index is 10.5. The van der Waals surface area contributed by atoms with Gasteiger partial charge in [0.05, 0.1) is 45.8 Å². The van der Waals surface area contributed by atoms with Crippen molar-refractivity contribution in [2.24, 2.45) is 0 Å². The molecule has 2 heterocycles. The SMILES string of the molecule is CC[N+]1(CCC(O)C[N+]2(CC)CCCC2)CCCC1. The summed E-state index contributed by atoms with van der Waals surface area (Å²) in [5.74, 6) is 0. The largest absolute Gasteiger partial charge is 0.387 e. The molecule has 0 aromatic heterocycles. The lowest BCUT2D eigenvalue weighted by molar-refractivity contribution is -0.923. The molecule has 1 unspecified atom stereocenters. The predicted octanol–water partition coefficient (Wildman–Crippen LogP) is 2.00. The van der Waals surface area contributed by atoms with Crippen LogP contribution in [0.25, 0.3) is 0 Å². The van der Waals surface area contributed by atoms with Crippen LogP contribution in [-0.2, 0) is 0 Å². The van der Waals surface area contributed by atoms with Crippen molar-refractivity contribution in [2.45, 2.75) is 52.1 Å². The number of aliphatic hydroxyl groups excluding tert-OH is 1. The highest BCUT2D eigenvalue weighted by molar-refractivity contribution is 4.62. The van der Waals surface area contributed by atoms with Crippen LogP contribution in [0.3, 0.4) is 0 Å². The molecule has 19 heavy (non-hydrogen) atoms. The highest BCUT2D eigenvalue weighted by Gasteiger charge is 2.35. The summed E-state index contributed by atoms with van der Waals surface area (Å²) in [5, 5.41) is 10.5. The topological polar surface area (TPSA) is 20.2 Å². The standard InChI is InChI=1S/C16H34N2O/c1-3-17(10-5-6-11-17)14-9-16(19)15-18(4-2)12-7-8-13-18/h16,19H,3-15H2,1-2H3/q+2. The van der Waals surface area contributed by atoms with Gasteiger partial charge in [-0.2, -0.15) is 0 Å². The monoisotopic (exact) mass is 270 g/mol. The molecule has 1 atom stereocenters. The van der Waals surface area contributed by atoms with Gasteiger partial charge in [-0.1, -0.05) is 0 Å². The first-order chi connectivity index (χ1) is 9.14. The van der Waals surface area contributed by atoms with Crippen molar-refractivity contribution in [3.63, 3.8) is 0 Å². The van der Waals surface area contributed by atoms with Crippen LogP contribution in [0, 0.1) is 0 Å². The van der Waals surface area contributed by atoms with Crippen molar-refractivity contribution in [1.29, 1.82) is 0 Å². The lowest BCUT2D eigenvalue weighted by Gasteiger charge is -2.37. The molecule has 0 amide bonds. The van der Waals surface area contributed by atoms with Gasteiger partial charge in [-0.15, -0.1) is 0 Å². The van der Waals surface area contributed by atoms with Gasteiger partial charge in [-0.3, -0.25) is 0 Å². The Labute approximate surface area is 119 Å². The van der Waals surface area contributed by atoms with E-state index < -0.39 is 0 Å². The van der Waals surface area contributed by atoms with Gasteiger partial charge in [-0.05, 0) is 13.8 Å². The van der Waals surface area contributed by atoms with Gasteiger partial charge in [0.2, 0.25) is 0 Å². The van der Waals surface area contributed by atoms with Crippen LogP contribution in [0.4, 0.5) is 0 Å². The maximum atomic E-state index is 10.5. The number of aliphatic hydroxyl groups is 1. The first-order valence-corrected chi connectivity index (χ1v) is 8.52. The highest BCUT2D eigenvalue weighted by Crippen LogP contribution is 2.23. The van der Waals surface area contributed by atoms with Crippen molar-refractivity contribution in [3.8, 4) is 0 Å². The van der Waals surface area contributed by atoms with E-state index in [4.69, 9.17) is 0 Å². The summed E-state index contributed by atoms with van der Waals surface area (Å²) in [7, 11) is 0. The Kier molecular flexibility index (Phi) is 5.27. The quantitative estimate of drug-likeness (QED) is 0.702. The first-order valence-electron chi connectivity index (χ1n) is 8.52. The fourth-order valence-electron chi connectivity index (χ4n) is 4.30. The molecule has 2 saturated heterocycles. The van der Waals surface area contributed by atoms with Crippen molar-refractivity contribution < 1.29 is 14.1 Å². The number of nitrogens with zero attached hydrogens (tertiary/aromatic N) is 2. The molecule has 0 saturated carbocycles. The summed E-state index contributed by atoms with van der Waals surface area (Å²) >= 11 is 0. The molecule has 2 aliphatic rings. The Balaban J connectivity index is 1.79. The number of hydrogen-bond acceptors (Lipinski definition) is 1. The molecule has 3 nitrogen and oxygen atoms in total. The van der Waals surface area contributed by atoms with Crippen LogP contribution >= 0.6 is 0 Å². The minimum Gasteiger partial charge on any atom is -0.387 e. The predicted molar refractivity (Wildman–Crippen MR) is 79.9 cm³/mol. The third-order valence-corrected chi connectivity index (χ3v) is 5.91. The Morgan fingerprint density at radius 1 is 0.842 bits per heavy atom. The molecule has 112 valence electrons. The fourth-order valence-corrected chi connectivity index (χ4v) is 4.30. The Morgan fingerprint density at radius 2 is 1.32 bits per heavy atom. The van der Waals surface area contributed by atoms with E-state index in [1.165, 1.54) is 80.5 Å².